The standard InChI is InChI=1S/C13H9F3N2O2/c14-13(15,16)9-1-2-11-10(7-9)17-12(20-11)8-3-5-18(19)6-4-8/h1-6,19H,7H2. The molecule has 7 heteroatoms. The summed E-state index contributed by atoms with van der Waals surface area (Å²) in [7, 11) is 0. The molecule has 2 heterocycles. The normalized spacial score (nSPS) is 17.9. The van der Waals surface area contributed by atoms with Gasteiger partial charge in [0.15, 0.2) is 5.42 Å². The number of halogens is 3. The number of hydroxylamine groups is 2. The fourth-order valence-corrected chi connectivity index (χ4v) is 1.92. The average molecular weight is 282 g/mol. The highest BCUT2D eigenvalue weighted by atomic mass is 19.4. The van der Waals surface area contributed by atoms with Crippen LogP contribution in [0.4, 0.5) is 13.2 Å². The summed E-state index contributed by atoms with van der Waals surface area (Å²) in [5, 5.41) is 9.97. The second-order valence-corrected chi connectivity index (χ2v) is 4.33. The van der Waals surface area contributed by atoms with Crippen LogP contribution in [0.15, 0.2) is 40.6 Å². The van der Waals surface area contributed by atoms with E-state index in [1.165, 1.54) is 18.5 Å². The largest absolute Gasteiger partial charge is 0.436 e. The van der Waals surface area contributed by atoms with Gasteiger partial charge in [0, 0.05) is 30.0 Å². The SMILES string of the molecule is ON1C=CC(=c2nc3c(o2)=CC=C(C(F)(F)F)C3)C=C1. The molecular weight excluding hydrogens is 273 g/mol. The lowest BCUT2D eigenvalue weighted by Crippen LogP contribution is -2.20. The zero-order valence-electron chi connectivity index (χ0n) is 10.1. The minimum atomic E-state index is -4.36. The molecule has 0 saturated heterocycles. The number of rotatable bonds is 0. The van der Waals surface area contributed by atoms with Crippen molar-refractivity contribution in [3.05, 3.63) is 52.9 Å². The first kappa shape index (κ1) is 12.7. The summed E-state index contributed by atoms with van der Waals surface area (Å²) in [6.07, 6.45) is 3.47. The lowest BCUT2D eigenvalue weighted by molar-refractivity contribution is -0.0932. The van der Waals surface area contributed by atoms with Crippen molar-refractivity contribution >= 4 is 11.6 Å². The van der Waals surface area contributed by atoms with E-state index < -0.39 is 11.7 Å². The summed E-state index contributed by atoms with van der Waals surface area (Å²) in [6.45, 7) is 0. The summed E-state index contributed by atoms with van der Waals surface area (Å²) in [5.74, 6) is 0. The summed E-state index contributed by atoms with van der Waals surface area (Å²) in [4.78, 5) is 4.08. The van der Waals surface area contributed by atoms with Gasteiger partial charge in [-0.2, -0.15) is 13.2 Å². The molecule has 0 bridgehead atoms. The van der Waals surface area contributed by atoms with Crippen LogP contribution in [0.25, 0.3) is 11.6 Å². The molecule has 4 nitrogen and oxygen atoms in total. The maximum absolute atomic E-state index is 12.6. The third-order valence-electron chi connectivity index (χ3n) is 2.95. The molecule has 1 aliphatic heterocycles. The van der Waals surface area contributed by atoms with E-state index in [1.54, 1.807) is 12.2 Å². The van der Waals surface area contributed by atoms with E-state index in [-0.39, 0.29) is 17.7 Å². The number of oxazole rings is 1. The molecule has 104 valence electrons. The maximum atomic E-state index is 12.6. The average Bonchev–Trinajstić information content (AvgIpc) is 2.81. The predicted octanol–water partition coefficient (Wildman–Crippen LogP) is 1.38. The van der Waals surface area contributed by atoms with Crippen molar-refractivity contribution in [2.45, 2.75) is 12.6 Å². The molecule has 1 aliphatic carbocycles. The molecule has 0 radical (unpaired) electrons. The van der Waals surface area contributed by atoms with Crippen LogP contribution >= 0.6 is 0 Å². The number of aromatic nitrogens is 1. The number of hydrogen-bond donors (Lipinski definition) is 1. The molecule has 1 N–H and O–H groups in total. The predicted molar refractivity (Wildman–Crippen MR) is 63.4 cm³/mol. The van der Waals surface area contributed by atoms with Gasteiger partial charge < -0.3 is 4.42 Å². The fourth-order valence-electron chi connectivity index (χ4n) is 1.92. The van der Waals surface area contributed by atoms with Gasteiger partial charge in [0.05, 0.1) is 5.69 Å². The summed E-state index contributed by atoms with van der Waals surface area (Å²) in [6, 6.07) is 0. The summed E-state index contributed by atoms with van der Waals surface area (Å²) < 4.78 is 43.3. The van der Waals surface area contributed by atoms with Crippen LogP contribution in [0.5, 0.6) is 0 Å². The van der Waals surface area contributed by atoms with Crippen molar-refractivity contribution in [3.8, 4) is 0 Å². The summed E-state index contributed by atoms with van der Waals surface area (Å²) in [5.41, 5.74) is 0.741. The van der Waals surface area contributed by atoms with E-state index >= 15 is 0 Å². The second-order valence-electron chi connectivity index (χ2n) is 4.33. The van der Waals surface area contributed by atoms with E-state index in [2.05, 4.69) is 4.98 Å². The van der Waals surface area contributed by atoms with Crippen molar-refractivity contribution in [1.29, 1.82) is 0 Å². The zero-order chi connectivity index (χ0) is 14.3. The molecule has 0 unspecified atom stereocenters. The van der Waals surface area contributed by atoms with E-state index in [1.807, 2.05) is 0 Å². The van der Waals surface area contributed by atoms with Gasteiger partial charge in [0.1, 0.15) is 0 Å². The van der Waals surface area contributed by atoms with Crippen molar-refractivity contribution < 1.29 is 22.8 Å². The van der Waals surface area contributed by atoms with E-state index in [0.717, 1.165) is 11.1 Å². The zero-order valence-corrected chi connectivity index (χ0v) is 10.1. The molecule has 0 aromatic carbocycles. The van der Waals surface area contributed by atoms with Crippen LogP contribution in [0, 0.1) is 0 Å². The van der Waals surface area contributed by atoms with Crippen LogP contribution in [0.2, 0.25) is 0 Å². The molecule has 3 rings (SSSR count). The van der Waals surface area contributed by atoms with Crippen LogP contribution < -0.4 is 11.0 Å². The third kappa shape index (κ3) is 2.27. The molecule has 0 atom stereocenters. The highest BCUT2D eigenvalue weighted by molar-refractivity contribution is 5.65. The van der Waals surface area contributed by atoms with Gasteiger partial charge in [-0.15, -0.1) is 0 Å². The van der Waals surface area contributed by atoms with Gasteiger partial charge in [-0.05, 0) is 24.3 Å². The van der Waals surface area contributed by atoms with Crippen LogP contribution in [-0.4, -0.2) is 21.4 Å². The monoisotopic (exact) mass is 282 g/mol. The summed E-state index contributed by atoms with van der Waals surface area (Å²) >= 11 is 0. The third-order valence-corrected chi connectivity index (χ3v) is 2.95. The van der Waals surface area contributed by atoms with Crippen molar-refractivity contribution in [1.82, 2.24) is 10.0 Å². The minimum absolute atomic E-state index is 0.226. The van der Waals surface area contributed by atoms with Crippen LogP contribution in [0.1, 0.15) is 5.69 Å². The van der Waals surface area contributed by atoms with Crippen LogP contribution in [0.3, 0.4) is 0 Å². The van der Waals surface area contributed by atoms with E-state index in [9.17, 15) is 13.2 Å². The van der Waals surface area contributed by atoms with Crippen LogP contribution in [-0.2, 0) is 6.42 Å². The Morgan fingerprint density at radius 2 is 1.90 bits per heavy atom. The molecular formula is C13H9F3N2O2. The molecule has 2 aliphatic rings. The van der Waals surface area contributed by atoms with Crippen molar-refractivity contribution in [2.24, 2.45) is 0 Å². The highest BCUT2D eigenvalue weighted by Crippen LogP contribution is 2.28. The number of allylic oxidation sites excluding steroid dienone is 4. The molecule has 1 aromatic heterocycles. The van der Waals surface area contributed by atoms with Gasteiger partial charge in [-0.25, -0.2) is 10.0 Å². The Morgan fingerprint density at radius 3 is 2.55 bits per heavy atom. The lowest BCUT2D eigenvalue weighted by atomic mass is 10.1. The lowest BCUT2D eigenvalue weighted by Gasteiger charge is -2.11. The minimum Gasteiger partial charge on any atom is -0.436 e. The maximum Gasteiger partial charge on any atom is 0.413 e. The Balaban J connectivity index is 2.02. The van der Waals surface area contributed by atoms with Gasteiger partial charge in [0.2, 0.25) is 5.55 Å². The fraction of sp³-hybridized carbons (Fsp3) is 0.154. The smallest absolute Gasteiger partial charge is 0.413 e. The molecule has 0 fully saturated rings. The topological polar surface area (TPSA) is 49.5 Å². The van der Waals surface area contributed by atoms with Gasteiger partial charge in [0.25, 0.3) is 0 Å². The number of fused-ring (bicyclic) bond motifs is 1. The number of alkyl halides is 3. The van der Waals surface area contributed by atoms with Gasteiger partial charge in [-0.3, -0.25) is 5.21 Å². The first-order chi connectivity index (χ1) is 9.43. The Bertz CT molecular complexity index is 738. The first-order valence-corrected chi connectivity index (χ1v) is 5.75. The second kappa shape index (κ2) is 4.38. The molecule has 0 saturated carbocycles. The molecule has 0 spiro atoms. The van der Waals surface area contributed by atoms with Gasteiger partial charge >= 0.3 is 6.18 Å². The number of hydrogen-bond acceptors (Lipinski definition) is 4. The highest BCUT2D eigenvalue weighted by Gasteiger charge is 2.34. The Morgan fingerprint density at radius 1 is 1.20 bits per heavy atom. The van der Waals surface area contributed by atoms with Gasteiger partial charge in [-0.1, -0.05) is 0 Å². The van der Waals surface area contributed by atoms with E-state index in [0.29, 0.717) is 11.0 Å². The first-order valence-electron chi connectivity index (χ1n) is 5.75. The quantitative estimate of drug-likeness (QED) is 0.781. The Hall–Kier alpha value is -2.28. The molecule has 1 aromatic rings. The molecule has 20 heavy (non-hydrogen) atoms. The number of nitrogens with zero attached hydrogens (tertiary/aromatic N) is 2. The van der Waals surface area contributed by atoms with Crippen molar-refractivity contribution in [3.63, 3.8) is 0 Å². The van der Waals surface area contributed by atoms with Crippen molar-refractivity contribution in [2.75, 3.05) is 0 Å². The molecule has 0 amide bonds. The Labute approximate surface area is 111 Å². The Kier molecular flexibility index (Phi) is 2.79. The van der Waals surface area contributed by atoms with E-state index in [4.69, 9.17) is 9.62 Å².